The fraction of sp³-hybridized carbons (Fsp3) is 0.231. The fourth-order valence-corrected chi connectivity index (χ4v) is 3.09. The van der Waals surface area contributed by atoms with Crippen LogP contribution in [0.1, 0.15) is 11.3 Å². The summed E-state index contributed by atoms with van der Waals surface area (Å²) in [5, 5.41) is 0. The first-order valence-corrected chi connectivity index (χ1v) is 7.21. The maximum atomic E-state index is 5.55. The van der Waals surface area contributed by atoms with Crippen LogP contribution >= 0.6 is 27.7 Å². The van der Waals surface area contributed by atoms with E-state index in [2.05, 4.69) is 34.1 Å². The van der Waals surface area contributed by atoms with Gasteiger partial charge in [-0.1, -0.05) is 22.0 Å². The Hall–Kier alpha value is -0.710. The van der Waals surface area contributed by atoms with Gasteiger partial charge in [-0.15, -0.1) is 11.8 Å². The van der Waals surface area contributed by atoms with Crippen molar-refractivity contribution in [2.75, 3.05) is 6.54 Å². The lowest BCUT2D eigenvalue weighted by molar-refractivity contribution is 0.530. The minimum Gasteiger partial charge on any atom is -0.468 e. The lowest BCUT2D eigenvalue weighted by atomic mass is 10.1. The molecule has 0 bridgehead atoms. The first-order valence-electron chi connectivity index (χ1n) is 5.43. The predicted molar refractivity (Wildman–Crippen MR) is 75.2 cm³/mol. The molecule has 0 amide bonds. The predicted octanol–water partition coefficient (Wildman–Crippen LogP) is 3.84. The second-order valence-corrected chi connectivity index (χ2v) is 5.56. The Morgan fingerprint density at radius 2 is 2.18 bits per heavy atom. The summed E-state index contributed by atoms with van der Waals surface area (Å²) in [6, 6.07) is 10.3. The number of halogens is 1. The molecule has 90 valence electrons. The molecule has 1 heterocycles. The van der Waals surface area contributed by atoms with Crippen molar-refractivity contribution in [2.24, 2.45) is 5.73 Å². The van der Waals surface area contributed by atoms with E-state index in [-0.39, 0.29) is 0 Å². The zero-order valence-corrected chi connectivity index (χ0v) is 11.8. The minimum atomic E-state index is 0.678. The van der Waals surface area contributed by atoms with Gasteiger partial charge in [0.05, 0.1) is 12.0 Å². The van der Waals surface area contributed by atoms with Gasteiger partial charge in [0.1, 0.15) is 5.76 Å². The first kappa shape index (κ1) is 12.7. The van der Waals surface area contributed by atoms with Crippen LogP contribution < -0.4 is 5.73 Å². The molecule has 1 aromatic heterocycles. The van der Waals surface area contributed by atoms with Crippen LogP contribution in [0.25, 0.3) is 0 Å². The van der Waals surface area contributed by atoms with Crippen LogP contribution in [0.15, 0.2) is 50.4 Å². The average molecular weight is 312 g/mol. The average Bonchev–Trinajstić information content (AvgIpc) is 2.83. The second kappa shape index (κ2) is 6.28. The van der Waals surface area contributed by atoms with Crippen LogP contribution in [0.3, 0.4) is 0 Å². The second-order valence-electron chi connectivity index (χ2n) is 3.66. The zero-order valence-electron chi connectivity index (χ0n) is 9.36. The van der Waals surface area contributed by atoms with Crippen molar-refractivity contribution < 1.29 is 4.42 Å². The van der Waals surface area contributed by atoms with Crippen LogP contribution in [0, 0.1) is 0 Å². The molecule has 0 aliphatic heterocycles. The number of thioether (sulfide) groups is 1. The van der Waals surface area contributed by atoms with Crippen molar-refractivity contribution >= 4 is 27.7 Å². The van der Waals surface area contributed by atoms with E-state index < -0.39 is 0 Å². The smallest absolute Gasteiger partial charge is 0.113 e. The molecule has 0 saturated heterocycles. The quantitative estimate of drug-likeness (QED) is 0.853. The van der Waals surface area contributed by atoms with E-state index in [1.165, 1.54) is 10.5 Å². The van der Waals surface area contributed by atoms with Gasteiger partial charge in [-0.2, -0.15) is 0 Å². The summed E-state index contributed by atoms with van der Waals surface area (Å²) in [4.78, 5) is 1.23. The van der Waals surface area contributed by atoms with Gasteiger partial charge in [0, 0.05) is 9.37 Å². The molecule has 4 heteroatoms. The van der Waals surface area contributed by atoms with Crippen molar-refractivity contribution in [2.45, 2.75) is 17.1 Å². The summed E-state index contributed by atoms with van der Waals surface area (Å²) >= 11 is 5.34. The van der Waals surface area contributed by atoms with Gasteiger partial charge in [0.15, 0.2) is 0 Å². The molecule has 0 aliphatic rings. The van der Waals surface area contributed by atoms with E-state index in [0.29, 0.717) is 6.54 Å². The molecular weight excluding hydrogens is 298 g/mol. The maximum Gasteiger partial charge on any atom is 0.113 e. The third-order valence-corrected chi connectivity index (χ3v) is 4.15. The largest absolute Gasteiger partial charge is 0.468 e. The Morgan fingerprint density at radius 1 is 1.29 bits per heavy atom. The molecule has 17 heavy (non-hydrogen) atoms. The summed E-state index contributed by atoms with van der Waals surface area (Å²) in [5.41, 5.74) is 6.81. The number of hydrogen-bond acceptors (Lipinski definition) is 3. The van der Waals surface area contributed by atoms with Crippen molar-refractivity contribution in [3.05, 3.63) is 52.4 Å². The van der Waals surface area contributed by atoms with Gasteiger partial charge >= 0.3 is 0 Å². The molecule has 1 aromatic carbocycles. The van der Waals surface area contributed by atoms with Crippen LogP contribution in [0.5, 0.6) is 0 Å². The third-order valence-electron chi connectivity index (χ3n) is 2.40. The fourth-order valence-electron chi connectivity index (χ4n) is 1.53. The molecule has 0 unspecified atom stereocenters. The number of hydrogen-bond donors (Lipinski definition) is 1. The molecule has 2 nitrogen and oxygen atoms in total. The Morgan fingerprint density at radius 3 is 2.82 bits per heavy atom. The normalized spacial score (nSPS) is 10.7. The molecule has 0 spiro atoms. The molecule has 0 saturated carbocycles. The highest BCUT2D eigenvalue weighted by Crippen LogP contribution is 2.28. The molecule has 0 radical (unpaired) electrons. The Bertz CT molecular complexity index is 470. The lowest BCUT2D eigenvalue weighted by Gasteiger charge is -2.05. The minimum absolute atomic E-state index is 0.678. The highest BCUT2D eigenvalue weighted by molar-refractivity contribution is 9.10. The van der Waals surface area contributed by atoms with Crippen molar-refractivity contribution in [1.29, 1.82) is 0 Å². The Kier molecular flexibility index (Phi) is 4.71. The summed E-state index contributed by atoms with van der Waals surface area (Å²) in [6.45, 7) is 0.678. The van der Waals surface area contributed by atoms with E-state index >= 15 is 0 Å². The van der Waals surface area contributed by atoms with Crippen LogP contribution in [0.2, 0.25) is 0 Å². The van der Waals surface area contributed by atoms with Gasteiger partial charge < -0.3 is 10.2 Å². The standard InChI is InChI=1S/C13H14BrNOS/c14-13-8-12(4-3-10(13)5-6-15)17-9-11-2-1-7-16-11/h1-4,7-8H,5-6,9,15H2. The number of furan rings is 1. The topological polar surface area (TPSA) is 39.2 Å². The van der Waals surface area contributed by atoms with Crippen molar-refractivity contribution in [3.63, 3.8) is 0 Å². The monoisotopic (exact) mass is 311 g/mol. The van der Waals surface area contributed by atoms with E-state index in [1.54, 1.807) is 18.0 Å². The highest BCUT2D eigenvalue weighted by Gasteiger charge is 2.03. The molecule has 0 aliphatic carbocycles. The molecule has 0 fully saturated rings. The summed E-state index contributed by atoms with van der Waals surface area (Å²) in [7, 11) is 0. The van der Waals surface area contributed by atoms with E-state index in [4.69, 9.17) is 10.2 Å². The van der Waals surface area contributed by atoms with E-state index in [0.717, 1.165) is 22.4 Å². The van der Waals surface area contributed by atoms with Gasteiger partial charge in [-0.3, -0.25) is 0 Å². The van der Waals surface area contributed by atoms with Crippen LogP contribution in [-0.4, -0.2) is 6.54 Å². The first-order chi connectivity index (χ1) is 8.29. The summed E-state index contributed by atoms with van der Waals surface area (Å²) in [5.74, 6) is 1.85. The molecule has 0 atom stereocenters. The third kappa shape index (κ3) is 3.63. The maximum absolute atomic E-state index is 5.55. The van der Waals surface area contributed by atoms with Gasteiger partial charge in [-0.05, 0) is 42.8 Å². The SMILES string of the molecule is NCCc1ccc(SCc2ccco2)cc1Br. The van der Waals surface area contributed by atoms with Crippen molar-refractivity contribution in [3.8, 4) is 0 Å². The number of nitrogens with two attached hydrogens (primary N) is 1. The van der Waals surface area contributed by atoms with Crippen LogP contribution in [-0.2, 0) is 12.2 Å². The number of rotatable bonds is 5. The Balaban J connectivity index is 2.00. The summed E-state index contributed by atoms with van der Waals surface area (Å²) < 4.78 is 6.43. The molecule has 2 aromatic rings. The highest BCUT2D eigenvalue weighted by atomic mass is 79.9. The van der Waals surface area contributed by atoms with Crippen molar-refractivity contribution in [1.82, 2.24) is 0 Å². The molecule has 2 N–H and O–H groups in total. The van der Waals surface area contributed by atoms with Gasteiger partial charge in [-0.25, -0.2) is 0 Å². The zero-order chi connectivity index (χ0) is 12.1. The van der Waals surface area contributed by atoms with Crippen LogP contribution in [0.4, 0.5) is 0 Å². The Labute approximate surface area is 114 Å². The molecule has 2 rings (SSSR count). The molecular formula is C13H14BrNOS. The van der Waals surface area contributed by atoms with E-state index in [1.807, 2.05) is 12.1 Å². The van der Waals surface area contributed by atoms with Gasteiger partial charge in [0.25, 0.3) is 0 Å². The van der Waals surface area contributed by atoms with Gasteiger partial charge in [0.2, 0.25) is 0 Å². The lowest BCUT2D eigenvalue weighted by Crippen LogP contribution is -2.03. The van der Waals surface area contributed by atoms with E-state index in [9.17, 15) is 0 Å². The summed E-state index contributed by atoms with van der Waals surface area (Å²) in [6.07, 6.45) is 2.61. The number of benzene rings is 1.